The number of para-hydroxylation sites is 2. The average Bonchev–Trinajstić information content (AvgIpc) is 3.26. The van der Waals surface area contributed by atoms with E-state index < -0.39 is 0 Å². The average molecular weight is 477 g/mol. The van der Waals surface area contributed by atoms with Crippen LogP contribution in [0.3, 0.4) is 0 Å². The lowest BCUT2D eigenvalue weighted by molar-refractivity contribution is 0.191. The van der Waals surface area contributed by atoms with Gasteiger partial charge >= 0.3 is 0 Å². The molecule has 0 spiro atoms. The lowest BCUT2D eigenvalue weighted by Crippen LogP contribution is -2.49. The highest BCUT2D eigenvalue weighted by atomic mass is 35.5. The molecule has 1 aliphatic heterocycles. The number of ether oxygens (including phenoxy) is 1. The highest BCUT2D eigenvalue weighted by molar-refractivity contribution is 6.31. The smallest absolute Gasteiger partial charge is 0.173 e. The molecule has 1 fully saturated rings. The fourth-order valence-corrected chi connectivity index (χ4v) is 4.39. The molecule has 2 heterocycles. The van der Waals surface area contributed by atoms with Crippen LogP contribution in [0.15, 0.2) is 48.5 Å². The number of piperazine rings is 1. The van der Waals surface area contributed by atoms with Gasteiger partial charge < -0.3 is 9.64 Å². The van der Waals surface area contributed by atoms with Gasteiger partial charge in [0.15, 0.2) is 5.82 Å². The van der Waals surface area contributed by atoms with Crippen molar-refractivity contribution < 1.29 is 4.74 Å². The molecule has 1 aliphatic rings. The van der Waals surface area contributed by atoms with Crippen LogP contribution in [0.25, 0.3) is 0 Å². The van der Waals surface area contributed by atoms with E-state index in [0.717, 1.165) is 54.0 Å². The van der Waals surface area contributed by atoms with Crippen molar-refractivity contribution in [3.63, 3.8) is 0 Å². The van der Waals surface area contributed by atoms with Gasteiger partial charge in [-0.25, -0.2) is 4.68 Å². The summed E-state index contributed by atoms with van der Waals surface area (Å²) in [5, 5.41) is 13.5. The van der Waals surface area contributed by atoms with Gasteiger partial charge in [-0.3, -0.25) is 4.90 Å². The molecule has 0 saturated carbocycles. The standard InChI is InChI=1S/C23H29ClN6O.ClH/c1-23(2,3)30-22(25-26-27-30)21(17-9-5-6-10-18(17)24)29-15-13-28(14-16-29)19-11-7-8-12-20(19)31-4;/h5-12,21H,13-16H2,1-4H3;1H. The van der Waals surface area contributed by atoms with Gasteiger partial charge in [-0.05, 0) is 55.0 Å². The second-order valence-electron chi connectivity index (χ2n) is 8.74. The first-order chi connectivity index (χ1) is 14.9. The molecule has 4 rings (SSSR count). The van der Waals surface area contributed by atoms with E-state index in [1.54, 1.807) is 7.11 Å². The Bertz CT molecular complexity index is 1030. The third kappa shape index (κ3) is 4.85. The predicted molar refractivity (Wildman–Crippen MR) is 130 cm³/mol. The van der Waals surface area contributed by atoms with E-state index in [1.165, 1.54) is 0 Å². The Kier molecular flexibility index (Phi) is 7.64. The number of nitrogens with zero attached hydrogens (tertiary/aromatic N) is 6. The second kappa shape index (κ2) is 10.1. The highest BCUT2D eigenvalue weighted by Gasteiger charge is 2.34. The van der Waals surface area contributed by atoms with Crippen molar-refractivity contribution >= 4 is 29.7 Å². The molecular formula is C23H30Cl2N6O. The van der Waals surface area contributed by atoms with E-state index in [-0.39, 0.29) is 24.0 Å². The summed E-state index contributed by atoms with van der Waals surface area (Å²) in [6.45, 7) is 9.77. The summed E-state index contributed by atoms with van der Waals surface area (Å²) in [4.78, 5) is 4.78. The number of hydrogen-bond acceptors (Lipinski definition) is 6. The minimum absolute atomic E-state index is 0. The molecule has 0 amide bonds. The number of rotatable bonds is 5. The van der Waals surface area contributed by atoms with Gasteiger partial charge in [-0.1, -0.05) is 41.9 Å². The molecule has 3 aromatic rings. The van der Waals surface area contributed by atoms with Gasteiger partial charge in [0.2, 0.25) is 0 Å². The Morgan fingerprint density at radius 2 is 1.62 bits per heavy atom. The first-order valence-corrected chi connectivity index (χ1v) is 10.9. The largest absolute Gasteiger partial charge is 0.495 e. The minimum atomic E-state index is -0.239. The van der Waals surface area contributed by atoms with Gasteiger partial charge in [0.1, 0.15) is 5.75 Å². The van der Waals surface area contributed by atoms with E-state index in [0.29, 0.717) is 0 Å². The maximum absolute atomic E-state index is 6.65. The van der Waals surface area contributed by atoms with Crippen LogP contribution in [0, 0.1) is 0 Å². The fourth-order valence-electron chi connectivity index (χ4n) is 4.15. The molecule has 1 unspecified atom stereocenters. The quantitative estimate of drug-likeness (QED) is 0.542. The molecule has 1 atom stereocenters. The van der Waals surface area contributed by atoms with Crippen LogP contribution < -0.4 is 9.64 Å². The van der Waals surface area contributed by atoms with Gasteiger partial charge in [-0.2, -0.15) is 0 Å². The maximum Gasteiger partial charge on any atom is 0.173 e. The zero-order valence-corrected chi connectivity index (χ0v) is 20.5. The summed E-state index contributed by atoms with van der Waals surface area (Å²) in [7, 11) is 1.72. The Morgan fingerprint density at radius 1 is 0.969 bits per heavy atom. The highest BCUT2D eigenvalue weighted by Crippen LogP contribution is 2.35. The predicted octanol–water partition coefficient (Wildman–Crippen LogP) is 4.42. The van der Waals surface area contributed by atoms with Crippen molar-refractivity contribution in [2.24, 2.45) is 0 Å². The molecule has 0 N–H and O–H groups in total. The van der Waals surface area contributed by atoms with Crippen molar-refractivity contribution in [2.45, 2.75) is 32.4 Å². The molecule has 9 heteroatoms. The Balaban J connectivity index is 0.00000289. The number of aromatic nitrogens is 4. The van der Waals surface area contributed by atoms with Gasteiger partial charge in [0, 0.05) is 31.2 Å². The Morgan fingerprint density at radius 3 is 2.28 bits per heavy atom. The van der Waals surface area contributed by atoms with Gasteiger partial charge in [0.05, 0.1) is 24.4 Å². The number of benzene rings is 2. The number of tetrazole rings is 1. The van der Waals surface area contributed by atoms with Crippen molar-refractivity contribution in [3.05, 3.63) is 64.9 Å². The molecule has 0 aliphatic carbocycles. The number of methoxy groups -OCH3 is 1. The van der Waals surface area contributed by atoms with Gasteiger partial charge in [-0.15, -0.1) is 17.5 Å². The van der Waals surface area contributed by atoms with Crippen molar-refractivity contribution in [2.75, 3.05) is 38.2 Å². The lowest BCUT2D eigenvalue weighted by Gasteiger charge is -2.40. The zero-order valence-electron chi connectivity index (χ0n) is 18.9. The van der Waals surface area contributed by atoms with E-state index in [9.17, 15) is 0 Å². The SMILES string of the molecule is COc1ccccc1N1CCN(C(c2ccccc2Cl)c2nnnn2C(C)(C)C)CC1.Cl. The topological polar surface area (TPSA) is 59.3 Å². The molecule has 0 bridgehead atoms. The summed E-state index contributed by atoms with van der Waals surface area (Å²) in [5.41, 5.74) is 1.91. The monoisotopic (exact) mass is 476 g/mol. The minimum Gasteiger partial charge on any atom is -0.495 e. The number of hydrogen-bond donors (Lipinski definition) is 0. The van der Waals surface area contributed by atoms with Crippen LogP contribution in [0.2, 0.25) is 5.02 Å². The van der Waals surface area contributed by atoms with Crippen LogP contribution >= 0.6 is 24.0 Å². The third-order valence-electron chi connectivity index (χ3n) is 5.68. The molecule has 32 heavy (non-hydrogen) atoms. The van der Waals surface area contributed by atoms with Crippen LogP contribution in [0.5, 0.6) is 5.75 Å². The molecular weight excluding hydrogens is 447 g/mol. The number of halogens is 2. The first kappa shape index (κ1) is 24.3. The summed E-state index contributed by atoms with van der Waals surface area (Å²) in [6.07, 6.45) is 0. The van der Waals surface area contributed by atoms with Crippen LogP contribution in [0.1, 0.15) is 38.2 Å². The van der Waals surface area contributed by atoms with Crippen LogP contribution in [-0.4, -0.2) is 58.4 Å². The lowest BCUT2D eigenvalue weighted by atomic mass is 10.0. The summed E-state index contributed by atoms with van der Waals surface area (Å²) < 4.78 is 7.48. The zero-order chi connectivity index (χ0) is 22.0. The second-order valence-corrected chi connectivity index (χ2v) is 9.15. The van der Waals surface area contributed by atoms with Crippen molar-refractivity contribution in [1.29, 1.82) is 0 Å². The number of anilines is 1. The summed E-state index contributed by atoms with van der Waals surface area (Å²) in [5.74, 6) is 1.71. The Hall–Kier alpha value is -2.35. The normalized spacial score (nSPS) is 15.8. The van der Waals surface area contributed by atoms with Gasteiger partial charge in [0.25, 0.3) is 0 Å². The van der Waals surface area contributed by atoms with E-state index in [2.05, 4.69) is 58.2 Å². The molecule has 1 aromatic heterocycles. The van der Waals surface area contributed by atoms with Crippen LogP contribution in [-0.2, 0) is 5.54 Å². The summed E-state index contributed by atoms with van der Waals surface area (Å²) in [6, 6.07) is 16.0. The fraction of sp³-hybridized carbons (Fsp3) is 0.435. The van der Waals surface area contributed by atoms with E-state index in [1.807, 2.05) is 41.1 Å². The van der Waals surface area contributed by atoms with E-state index >= 15 is 0 Å². The van der Waals surface area contributed by atoms with Crippen molar-refractivity contribution in [3.8, 4) is 5.75 Å². The summed E-state index contributed by atoms with van der Waals surface area (Å²) >= 11 is 6.65. The molecule has 172 valence electrons. The Labute approximate surface area is 200 Å². The third-order valence-corrected chi connectivity index (χ3v) is 6.02. The van der Waals surface area contributed by atoms with E-state index in [4.69, 9.17) is 16.3 Å². The molecule has 2 aromatic carbocycles. The molecule has 7 nitrogen and oxygen atoms in total. The molecule has 0 radical (unpaired) electrons. The first-order valence-electron chi connectivity index (χ1n) is 10.6. The van der Waals surface area contributed by atoms with Crippen molar-refractivity contribution in [1.82, 2.24) is 25.1 Å². The van der Waals surface area contributed by atoms with Crippen LogP contribution in [0.4, 0.5) is 5.69 Å². The maximum atomic E-state index is 6.65. The molecule has 1 saturated heterocycles.